The number of H-pyrrole nitrogens is 1. The fourth-order valence-electron chi connectivity index (χ4n) is 2.93. The van der Waals surface area contributed by atoms with Crippen molar-refractivity contribution in [2.75, 3.05) is 6.61 Å². The van der Waals surface area contributed by atoms with Crippen LogP contribution in [0.3, 0.4) is 0 Å². The van der Waals surface area contributed by atoms with Gasteiger partial charge in [0.1, 0.15) is 25.0 Å². The van der Waals surface area contributed by atoms with Crippen molar-refractivity contribution in [3.05, 3.63) is 37.6 Å². The SMILES string of the molecule is CCCC(=O)OC[C@H]1O[C@@H](n2cc(C=CBr)c(=O)[nH]c2=O)C[C@@H]1OC(=O)CCC. The maximum absolute atomic E-state index is 12.3. The molecular formula is C19H25BrN2O7. The molecule has 0 spiro atoms. The molecular weight excluding hydrogens is 448 g/mol. The van der Waals surface area contributed by atoms with E-state index in [2.05, 4.69) is 20.9 Å². The lowest BCUT2D eigenvalue weighted by Gasteiger charge is -2.18. The predicted molar refractivity (Wildman–Crippen MR) is 108 cm³/mol. The zero-order valence-electron chi connectivity index (χ0n) is 16.4. The molecule has 0 amide bonds. The van der Waals surface area contributed by atoms with Crippen LogP contribution in [0.5, 0.6) is 0 Å². The lowest BCUT2D eigenvalue weighted by Crippen LogP contribution is -2.33. The highest BCUT2D eigenvalue weighted by Crippen LogP contribution is 2.30. The monoisotopic (exact) mass is 472 g/mol. The van der Waals surface area contributed by atoms with E-state index in [1.807, 2.05) is 13.8 Å². The van der Waals surface area contributed by atoms with Gasteiger partial charge in [0, 0.05) is 25.5 Å². The van der Waals surface area contributed by atoms with Crippen LogP contribution < -0.4 is 11.2 Å². The summed E-state index contributed by atoms with van der Waals surface area (Å²) in [6, 6.07) is 0. The van der Waals surface area contributed by atoms with Gasteiger partial charge in [0.25, 0.3) is 5.56 Å². The van der Waals surface area contributed by atoms with Crippen LogP contribution in [0.1, 0.15) is 57.7 Å². The predicted octanol–water partition coefficient (Wildman–Crippen LogP) is 2.24. The van der Waals surface area contributed by atoms with E-state index in [1.54, 1.807) is 0 Å². The van der Waals surface area contributed by atoms with Gasteiger partial charge in [-0.25, -0.2) is 4.79 Å². The molecule has 0 aliphatic carbocycles. The molecule has 160 valence electrons. The molecule has 2 heterocycles. The minimum Gasteiger partial charge on any atom is -0.463 e. The second-order valence-electron chi connectivity index (χ2n) is 6.62. The number of ether oxygens (including phenoxy) is 3. The standard InChI is InChI=1S/C19H25BrN2O7/c1-3-5-16(23)27-11-14-13(29-17(24)6-4-2)9-15(28-14)22-10-12(7-8-20)18(25)21-19(22)26/h7-8,10,13-15H,3-6,9,11H2,1-2H3,(H,21,25,26)/t13-,14+,15+/m0/s1. The van der Waals surface area contributed by atoms with Crippen molar-refractivity contribution in [2.45, 2.75) is 64.4 Å². The van der Waals surface area contributed by atoms with Crippen LogP contribution in [0.25, 0.3) is 6.08 Å². The fourth-order valence-corrected chi connectivity index (χ4v) is 3.21. The van der Waals surface area contributed by atoms with Crippen molar-refractivity contribution in [3.63, 3.8) is 0 Å². The second-order valence-corrected chi connectivity index (χ2v) is 7.15. The molecule has 1 aromatic rings. The molecule has 10 heteroatoms. The summed E-state index contributed by atoms with van der Waals surface area (Å²) in [5.74, 6) is -0.757. The number of esters is 2. The summed E-state index contributed by atoms with van der Waals surface area (Å²) < 4.78 is 17.8. The van der Waals surface area contributed by atoms with Gasteiger partial charge in [0.05, 0.1) is 5.56 Å². The Morgan fingerprint density at radius 3 is 2.62 bits per heavy atom. The molecule has 2 rings (SSSR count). The molecule has 29 heavy (non-hydrogen) atoms. The Balaban J connectivity index is 2.22. The molecule has 0 bridgehead atoms. The zero-order chi connectivity index (χ0) is 21.4. The van der Waals surface area contributed by atoms with Crippen LogP contribution in [0, 0.1) is 0 Å². The van der Waals surface area contributed by atoms with Gasteiger partial charge < -0.3 is 14.2 Å². The van der Waals surface area contributed by atoms with E-state index in [9.17, 15) is 19.2 Å². The number of nitrogens with one attached hydrogen (secondary N) is 1. The van der Waals surface area contributed by atoms with Gasteiger partial charge in [-0.3, -0.25) is 23.9 Å². The molecule has 1 saturated heterocycles. The molecule has 9 nitrogen and oxygen atoms in total. The minimum absolute atomic E-state index is 0.0916. The number of halogens is 1. The van der Waals surface area contributed by atoms with Crippen molar-refractivity contribution in [2.24, 2.45) is 0 Å². The quantitative estimate of drug-likeness (QED) is 0.547. The highest BCUT2D eigenvalue weighted by atomic mass is 79.9. The molecule has 0 aromatic carbocycles. The lowest BCUT2D eigenvalue weighted by atomic mass is 10.2. The number of aromatic amines is 1. The third-order valence-electron chi connectivity index (χ3n) is 4.33. The molecule has 0 radical (unpaired) electrons. The van der Waals surface area contributed by atoms with Gasteiger partial charge in [-0.05, 0) is 23.9 Å². The van der Waals surface area contributed by atoms with Crippen LogP contribution in [0.15, 0.2) is 20.8 Å². The normalized spacial score (nSPS) is 21.4. The average molecular weight is 473 g/mol. The lowest BCUT2D eigenvalue weighted by molar-refractivity contribution is -0.158. The van der Waals surface area contributed by atoms with Gasteiger partial charge in [0.2, 0.25) is 0 Å². The largest absolute Gasteiger partial charge is 0.463 e. The smallest absolute Gasteiger partial charge is 0.330 e. The van der Waals surface area contributed by atoms with Gasteiger partial charge >= 0.3 is 17.6 Å². The zero-order valence-corrected chi connectivity index (χ0v) is 18.0. The molecule has 0 saturated carbocycles. The first-order chi connectivity index (χ1) is 13.9. The Bertz CT molecular complexity index is 861. The Kier molecular flexibility index (Phi) is 8.84. The summed E-state index contributed by atoms with van der Waals surface area (Å²) in [7, 11) is 0. The Hall–Kier alpha value is -2.20. The maximum Gasteiger partial charge on any atom is 0.330 e. The first-order valence-corrected chi connectivity index (χ1v) is 10.4. The number of aromatic nitrogens is 2. The summed E-state index contributed by atoms with van der Waals surface area (Å²) in [4.78, 5) is 51.5. The number of hydrogen-bond acceptors (Lipinski definition) is 7. The van der Waals surface area contributed by atoms with E-state index in [-0.39, 0.29) is 43.4 Å². The maximum atomic E-state index is 12.3. The Morgan fingerprint density at radius 2 is 1.97 bits per heavy atom. The van der Waals surface area contributed by atoms with Crippen LogP contribution in [0.2, 0.25) is 0 Å². The van der Waals surface area contributed by atoms with Gasteiger partial charge in [-0.2, -0.15) is 0 Å². The van der Waals surface area contributed by atoms with E-state index >= 15 is 0 Å². The summed E-state index contributed by atoms with van der Waals surface area (Å²) in [6.45, 7) is 3.63. The summed E-state index contributed by atoms with van der Waals surface area (Å²) in [6.07, 6.45) is 2.70. The van der Waals surface area contributed by atoms with Crippen LogP contribution in [0.4, 0.5) is 0 Å². The number of nitrogens with zero attached hydrogens (tertiary/aromatic N) is 1. The van der Waals surface area contributed by atoms with Crippen molar-refractivity contribution in [3.8, 4) is 0 Å². The van der Waals surface area contributed by atoms with Crippen molar-refractivity contribution in [1.29, 1.82) is 0 Å². The highest BCUT2D eigenvalue weighted by Gasteiger charge is 2.40. The molecule has 1 N–H and O–H groups in total. The molecule has 1 fully saturated rings. The van der Waals surface area contributed by atoms with Crippen LogP contribution in [-0.4, -0.2) is 40.3 Å². The van der Waals surface area contributed by atoms with Gasteiger partial charge in [-0.15, -0.1) is 0 Å². The molecule has 1 aliphatic rings. The molecule has 1 aromatic heterocycles. The molecule has 3 atom stereocenters. The third kappa shape index (κ3) is 6.40. The molecule has 1 aliphatic heterocycles. The van der Waals surface area contributed by atoms with Gasteiger partial charge in [0.15, 0.2) is 0 Å². The highest BCUT2D eigenvalue weighted by molar-refractivity contribution is 9.11. The van der Waals surface area contributed by atoms with Crippen molar-refractivity contribution in [1.82, 2.24) is 9.55 Å². The molecule has 0 unspecified atom stereocenters. The average Bonchev–Trinajstić information content (AvgIpc) is 3.05. The summed E-state index contributed by atoms with van der Waals surface area (Å²) in [5, 5.41) is 0. The van der Waals surface area contributed by atoms with Crippen molar-refractivity contribution >= 4 is 33.9 Å². The second kappa shape index (κ2) is 11.1. The summed E-state index contributed by atoms with van der Waals surface area (Å²) in [5.41, 5.74) is -0.924. The van der Waals surface area contributed by atoms with E-state index in [0.29, 0.717) is 12.8 Å². The van der Waals surface area contributed by atoms with Crippen molar-refractivity contribution < 1.29 is 23.8 Å². The Labute approximate surface area is 176 Å². The summed E-state index contributed by atoms with van der Waals surface area (Å²) >= 11 is 3.10. The first-order valence-electron chi connectivity index (χ1n) is 9.52. The first kappa shape index (κ1) is 23.1. The Morgan fingerprint density at radius 1 is 1.28 bits per heavy atom. The fraction of sp³-hybridized carbons (Fsp3) is 0.579. The van der Waals surface area contributed by atoms with Crippen LogP contribution in [-0.2, 0) is 23.8 Å². The van der Waals surface area contributed by atoms with Gasteiger partial charge in [-0.1, -0.05) is 29.8 Å². The van der Waals surface area contributed by atoms with E-state index in [1.165, 1.54) is 21.8 Å². The minimum atomic E-state index is -0.781. The van der Waals surface area contributed by atoms with Crippen LogP contribution >= 0.6 is 15.9 Å². The number of carbonyl (C=O) groups excluding carboxylic acids is 2. The van der Waals surface area contributed by atoms with E-state index in [0.717, 1.165) is 0 Å². The van der Waals surface area contributed by atoms with E-state index in [4.69, 9.17) is 14.2 Å². The topological polar surface area (TPSA) is 117 Å². The third-order valence-corrected chi connectivity index (χ3v) is 4.59. The number of hydrogen-bond donors (Lipinski definition) is 1. The van der Waals surface area contributed by atoms with E-state index < -0.39 is 29.7 Å². The number of carbonyl (C=O) groups is 2. The number of rotatable bonds is 9.